The fourth-order valence-electron chi connectivity index (χ4n) is 7.03. The van der Waals surface area contributed by atoms with Crippen molar-refractivity contribution in [2.24, 2.45) is 11.3 Å². The minimum absolute atomic E-state index is 0.132. The Labute approximate surface area is 290 Å². The maximum atomic E-state index is 13.0. The number of imidazole rings is 1. The van der Waals surface area contributed by atoms with Gasteiger partial charge in [0.1, 0.15) is 17.7 Å². The van der Waals surface area contributed by atoms with Gasteiger partial charge >= 0.3 is 0 Å². The van der Waals surface area contributed by atoms with Gasteiger partial charge in [-0.3, -0.25) is 4.79 Å². The van der Waals surface area contributed by atoms with Crippen LogP contribution < -0.4 is 10.1 Å². The number of methoxy groups -OCH3 is 1. The van der Waals surface area contributed by atoms with E-state index in [1.807, 2.05) is 95.6 Å². The molecule has 3 atom stereocenters. The number of nitrogens with zero attached hydrogens (tertiary/aromatic N) is 4. The number of hydrogen-bond donors (Lipinski definition) is 2. The molecule has 2 heterocycles. The number of aliphatic hydroxyl groups is 1. The molecule has 0 aliphatic heterocycles. The van der Waals surface area contributed by atoms with E-state index in [1.165, 1.54) is 6.33 Å². The molecule has 1 aliphatic rings. The Morgan fingerprint density at radius 3 is 2.10 bits per heavy atom. The number of rotatable bonds is 11. The number of fused-ring (bicyclic) bond motifs is 1. The lowest BCUT2D eigenvalue weighted by molar-refractivity contribution is -0.0694. The number of anilines is 1. The van der Waals surface area contributed by atoms with Crippen molar-refractivity contribution in [1.82, 2.24) is 19.5 Å². The first-order valence-electron chi connectivity index (χ1n) is 16.2. The molecule has 0 radical (unpaired) electrons. The Bertz CT molecular complexity index is 2140. The van der Waals surface area contributed by atoms with Gasteiger partial charge in [0.25, 0.3) is 5.91 Å². The fraction of sp³-hybridized carbons (Fsp3) is 0.171. The van der Waals surface area contributed by atoms with Gasteiger partial charge in [-0.1, -0.05) is 103 Å². The molecule has 1 aliphatic carbocycles. The third-order valence-electron chi connectivity index (χ3n) is 9.71. The van der Waals surface area contributed by atoms with E-state index in [0.29, 0.717) is 22.3 Å². The Morgan fingerprint density at radius 2 is 1.52 bits per heavy atom. The molecule has 1 fully saturated rings. The van der Waals surface area contributed by atoms with Crippen LogP contribution in [0.2, 0.25) is 0 Å². The van der Waals surface area contributed by atoms with Crippen molar-refractivity contribution in [2.75, 3.05) is 25.6 Å². The van der Waals surface area contributed by atoms with Gasteiger partial charge in [0.2, 0.25) is 0 Å². The van der Waals surface area contributed by atoms with Gasteiger partial charge in [-0.2, -0.15) is 0 Å². The highest BCUT2D eigenvalue weighted by atomic mass is 16.5. The van der Waals surface area contributed by atoms with Gasteiger partial charge in [0.15, 0.2) is 17.0 Å². The molecule has 248 valence electrons. The monoisotopic (exact) mass is 661 g/mol. The summed E-state index contributed by atoms with van der Waals surface area (Å²) in [5, 5.41) is 13.7. The maximum Gasteiger partial charge on any atom is 0.256 e. The van der Waals surface area contributed by atoms with Crippen LogP contribution in [0.25, 0.3) is 11.2 Å². The second-order valence-corrected chi connectivity index (χ2v) is 12.2. The molecular formula is C41H35N5O4. The topological polar surface area (TPSA) is 111 Å². The first-order valence-corrected chi connectivity index (χ1v) is 16.2. The van der Waals surface area contributed by atoms with Gasteiger partial charge in [-0.05, 0) is 46.5 Å². The van der Waals surface area contributed by atoms with Crippen LogP contribution in [-0.4, -0.2) is 50.9 Å². The summed E-state index contributed by atoms with van der Waals surface area (Å²) in [6, 6.07) is 36.3. The van der Waals surface area contributed by atoms with Crippen molar-refractivity contribution in [3.8, 4) is 18.1 Å². The normalized spacial score (nSPS) is 18.6. The SMILES string of the molecule is C#C[C@]1(CO)C(=C)[C@@H](n2cnc3c(NC(=O)c4ccccc4)ncnc32)[C@@H]1COC(c1ccccc1)(c1ccccc1)c1ccc(OC)cc1. The minimum Gasteiger partial charge on any atom is -0.497 e. The fourth-order valence-corrected chi connectivity index (χ4v) is 7.03. The van der Waals surface area contributed by atoms with Crippen LogP contribution in [0.5, 0.6) is 5.75 Å². The highest BCUT2D eigenvalue weighted by Crippen LogP contribution is 2.58. The number of aromatic nitrogens is 4. The Balaban J connectivity index is 1.30. The first kappa shape index (κ1) is 32.5. The van der Waals surface area contributed by atoms with E-state index in [0.717, 1.165) is 22.4 Å². The number of nitrogens with one attached hydrogen (secondary N) is 1. The molecule has 7 rings (SSSR count). The number of hydrogen-bond acceptors (Lipinski definition) is 7. The number of carbonyl (C=O) groups excluding carboxylic acids is 1. The number of aliphatic hydroxyl groups excluding tert-OH is 1. The summed E-state index contributed by atoms with van der Waals surface area (Å²) in [6.07, 6.45) is 9.21. The molecule has 1 amide bonds. The van der Waals surface area contributed by atoms with E-state index in [1.54, 1.807) is 37.7 Å². The van der Waals surface area contributed by atoms with Crippen molar-refractivity contribution in [3.63, 3.8) is 0 Å². The molecule has 0 bridgehead atoms. The lowest BCUT2D eigenvalue weighted by Gasteiger charge is -2.54. The zero-order valence-electron chi connectivity index (χ0n) is 27.4. The average molecular weight is 662 g/mol. The van der Waals surface area contributed by atoms with Gasteiger partial charge in [-0.15, -0.1) is 6.42 Å². The number of carbonyl (C=O) groups is 1. The molecule has 9 nitrogen and oxygen atoms in total. The lowest BCUT2D eigenvalue weighted by Crippen LogP contribution is -2.55. The van der Waals surface area contributed by atoms with Crippen molar-refractivity contribution < 1.29 is 19.4 Å². The molecule has 0 spiro atoms. The number of ether oxygens (including phenoxy) is 2. The summed E-state index contributed by atoms with van der Waals surface area (Å²) in [4.78, 5) is 26.5. The zero-order valence-corrected chi connectivity index (χ0v) is 27.4. The molecule has 2 N–H and O–H groups in total. The number of terminal acetylenes is 1. The molecule has 0 saturated heterocycles. The Kier molecular flexibility index (Phi) is 8.73. The van der Waals surface area contributed by atoms with E-state index in [4.69, 9.17) is 15.9 Å². The van der Waals surface area contributed by atoms with Crippen LogP contribution in [0, 0.1) is 23.7 Å². The third-order valence-corrected chi connectivity index (χ3v) is 9.71. The zero-order chi connectivity index (χ0) is 34.7. The number of amides is 1. The summed E-state index contributed by atoms with van der Waals surface area (Å²) in [6.45, 7) is 4.18. The van der Waals surface area contributed by atoms with Crippen LogP contribution in [0.3, 0.4) is 0 Å². The molecular weight excluding hydrogens is 626 g/mol. The number of benzene rings is 4. The Morgan fingerprint density at radius 1 is 0.920 bits per heavy atom. The van der Waals surface area contributed by atoms with Gasteiger partial charge in [-0.25, -0.2) is 15.0 Å². The summed E-state index contributed by atoms with van der Waals surface area (Å²) >= 11 is 0. The standard InChI is InChI=1S/C41H35N5O4/c1-4-40(25-47)28(2)36(46-27-44-35-37(42-26-43-38(35)46)45-39(48)29-14-8-5-9-15-29)34(40)24-50-41(30-16-10-6-11-17-30,31-18-12-7-13-19-31)32-20-22-33(49-3)23-21-32/h1,5-23,26-27,34,36,47H,2,24-25H2,3H3,(H,42,43,45,48)/t34-,36+,40-/m0/s1. The third kappa shape index (κ3) is 5.31. The van der Waals surface area contributed by atoms with Crippen LogP contribution in [0.15, 0.2) is 140 Å². The lowest BCUT2D eigenvalue weighted by atomic mass is 9.54. The molecule has 4 aromatic carbocycles. The quantitative estimate of drug-likeness (QED) is 0.0935. The molecule has 9 heteroatoms. The van der Waals surface area contributed by atoms with Crippen LogP contribution in [0.4, 0.5) is 5.82 Å². The molecule has 50 heavy (non-hydrogen) atoms. The van der Waals surface area contributed by atoms with Crippen molar-refractivity contribution in [2.45, 2.75) is 11.6 Å². The van der Waals surface area contributed by atoms with Crippen molar-refractivity contribution in [1.29, 1.82) is 0 Å². The van der Waals surface area contributed by atoms with Crippen molar-refractivity contribution >= 4 is 22.9 Å². The second-order valence-electron chi connectivity index (χ2n) is 12.2. The second kappa shape index (κ2) is 13.4. The van der Waals surface area contributed by atoms with E-state index < -0.39 is 23.0 Å². The van der Waals surface area contributed by atoms with Gasteiger partial charge < -0.3 is 24.5 Å². The predicted molar refractivity (Wildman–Crippen MR) is 191 cm³/mol. The highest BCUT2D eigenvalue weighted by Gasteiger charge is 2.58. The van der Waals surface area contributed by atoms with Gasteiger partial charge in [0, 0.05) is 11.5 Å². The van der Waals surface area contributed by atoms with Crippen molar-refractivity contribution in [3.05, 3.63) is 162 Å². The van der Waals surface area contributed by atoms with Crippen LogP contribution in [-0.2, 0) is 10.3 Å². The summed E-state index contributed by atoms with van der Waals surface area (Å²) in [5.74, 6) is 3.10. The highest BCUT2D eigenvalue weighted by molar-refractivity contribution is 6.06. The molecule has 6 aromatic rings. The van der Waals surface area contributed by atoms with E-state index >= 15 is 0 Å². The minimum atomic E-state index is -1.07. The average Bonchev–Trinajstić information content (AvgIpc) is 3.61. The smallest absolute Gasteiger partial charge is 0.256 e. The maximum absolute atomic E-state index is 13.0. The summed E-state index contributed by atoms with van der Waals surface area (Å²) < 4.78 is 14.6. The van der Waals surface area contributed by atoms with E-state index in [-0.39, 0.29) is 24.9 Å². The van der Waals surface area contributed by atoms with E-state index in [2.05, 4.69) is 32.8 Å². The molecule has 2 aromatic heterocycles. The van der Waals surface area contributed by atoms with Gasteiger partial charge in [0.05, 0.1) is 38.1 Å². The van der Waals surface area contributed by atoms with Crippen LogP contribution >= 0.6 is 0 Å². The summed E-state index contributed by atoms with van der Waals surface area (Å²) in [7, 11) is 1.63. The first-order chi connectivity index (χ1) is 24.5. The van der Waals surface area contributed by atoms with Crippen LogP contribution in [0.1, 0.15) is 33.1 Å². The molecule has 0 unspecified atom stereocenters. The molecule has 1 saturated carbocycles. The largest absolute Gasteiger partial charge is 0.497 e. The van der Waals surface area contributed by atoms with E-state index in [9.17, 15) is 9.90 Å². The predicted octanol–water partition coefficient (Wildman–Crippen LogP) is 6.43. The Hall–Kier alpha value is -6.08. The summed E-state index contributed by atoms with van der Waals surface area (Å²) in [5.41, 5.74) is 2.61.